The molecule has 5 heteroatoms. The van der Waals surface area contributed by atoms with Gasteiger partial charge in [0.1, 0.15) is 57.7 Å². The van der Waals surface area contributed by atoms with Crippen LogP contribution in [0.4, 0.5) is 0 Å². The molecule has 0 saturated carbocycles. The second kappa shape index (κ2) is 11.3. The zero-order valence-electron chi connectivity index (χ0n) is 17.8. The smallest absolute Gasteiger partial charge is 0.127 e. The second-order valence-corrected chi connectivity index (χ2v) is 8.16. The molecule has 1 atom stereocenters. The Balaban J connectivity index is 1.27. The van der Waals surface area contributed by atoms with Crippen molar-refractivity contribution in [3.8, 4) is 5.75 Å². The number of hydrogen-bond acceptors (Lipinski definition) is 3. The van der Waals surface area contributed by atoms with Crippen molar-refractivity contribution in [3.05, 3.63) is 65.2 Å². The summed E-state index contributed by atoms with van der Waals surface area (Å²) in [5.41, 5.74) is 3.69. The maximum absolute atomic E-state index is 10.3. The minimum absolute atomic E-state index is 0.375. The van der Waals surface area contributed by atoms with E-state index in [9.17, 15) is 5.11 Å². The molecule has 0 spiro atoms. The zero-order chi connectivity index (χ0) is 20.5. The molecular formula is C24H36N2O3+2. The van der Waals surface area contributed by atoms with Gasteiger partial charge in [-0.25, -0.2) is 0 Å². The molecule has 3 N–H and O–H groups in total. The van der Waals surface area contributed by atoms with Gasteiger partial charge in [0.15, 0.2) is 0 Å². The summed E-state index contributed by atoms with van der Waals surface area (Å²) < 4.78 is 11.5. The third-order valence-corrected chi connectivity index (χ3v) is 5.68. The van der Waals surface area contributed by atoms with Crippen LogP contribution in [0.5, 0.6) is 5.75 Å². The molecule has 1 aliphatic rings. The van der Waals surface area contributed by atoms with Crippen molar-refractivity contribution in [2.24, 2.45) is 0 Å². The van der Waals surface area contributed by atoms with Crippen LogP contribution in [0.3, 0.4) is 0 Å². The van der Waals surface area contributed by atoms with Gasteiger partial charge in [-0.05, 0) is 25.0 Å². The molecule has 5 nitrogen and oxygen atoms in total. The molecule has 0 aromatic heterocycles. The van der Waals surface area contributed by atoms with E-state index in [0.29, 0.717) is 19.8 Å². The molecule has 1 saturated heterocycles. The Bertz CT molecular complexity index is 710. The number of aliphatic hydroxyl groups excluding tert-OH is 1. The number of ether oxygens (including phenoxy) is 2. The highest BCUT2D eigenvalue weighted by molar-refractivity contribution is 5.39. The topological polar surface area (TPSA) is 47.6 Å². The van der Waals surface area contributed by atoms with Crippen LogP contribution in [0.2, 0.25) is 0 Å². The van der Waals surface area contributed by atoms with Gasteiger partial charge in [-0.3, -0.25) is 0 Å². The van der Waals surface area contributed by atoms with Crippen LogP contribution in [0, 0.1) is 13.8 Å². The highest BCUT2D eigenvalue weighted by Gasteiger charge is 2.24. The minimum atomic E-state index is -0.416. The lowest BCUT2D eigenvalue weighted by atomic mass is 10.1. The normalized spacial score (nSPS) is 20.4. The zero-order valence-corrected chi connectivity index (χ0v) is 17.8. The van der Waals surface area contributed by atoms with Gasteiger partial charge in [0.2, 0.25) is 0 Å². The van der Waals surface area contributed by atoms with Crippen molar-refractivity contribution >= 4 is 0 Å². The molecule has 0 bridgehead atoms. The number of nitrogens with one attached hydrogen (secondary N) is 2. The number of aliphatic hydroxyl groups is 1. The van der Waals surface area contributed by atoms with Crippen LogP contribution in [-0.4, -0.2) is 63.8 Å². The highest BCUT2D eigenvalue weighted by Crippen LogP contribution is 2.21. The fourth-order valence-corrected chi connectivity index (χ4v) is 4.06. The summed E-state index contributed by atoms with van der Waals surface area (Å²) in [4.78, 5) is 3.11. The van der Waals surface area contributed by atoms with Gasteiger partial charge < -0.3 is 24.4 Å². The lowest BCUT2D eigenvalue weighted by molar-refractivity contribution is -1.02. The largest absolute Gasteiger partial charge is 0.491 e. The first-order chi connectivity index (χ1) is 14.1. The number of aryl methyl sites for hydroxylation is 2. The predicted octanol–water partition coefficient (Wildman–Crippen LogP) is 0.0433. The summed E-state index contributed by atoms with van der Waals surface area (Å²) >= 11 is 0. The van der Waals surface area contributed by atoms with E-state index in [4.69, 9.17) is 9.47 Å². The molecule has 0 radical (unpaired) electrons. The van der Waals surface area contributed by atoms with Crippen molar-refractivity contribution in [2.75, 3.05) is 52.5 Å². The van der Waals surface area contributed by atoms with E-state index in [1.807, 2.05) is 6.07 Å². The third-order valence-electron chi connectivity index (χ3n) is 5.68. The van der Waals surface area contributed by atoms with Crippen LogP contribution < -0.4 is 14.5 Å². The van der Waals surface area contributed by atoms with E-state index in [2.05, 4.69) is 56.3 Å². The first-order valence-corrected chi connectivity index (χ1v) is 10.8. The van der Waals surface area contributed by atoms with Gasteiger partial charge >= 0.3 is 0 Å². The maximum atomic E-state index is 10.3. The summed E-state index contributed by atoms with van der Waals surface area (Å²) in [7, 11) is 0. The van der Waals surface area contributed by atoms with Gasteiger partial charge in [0, 0.05) is 5.56 Å². The van der Waals surface area contributed by atoms with E-state index in [1.165, 1.54) is 10.5 Å². The first-order valence-electron chi connectivity index (χ1n) is 10.8. The molecule has 1 heterocycles. The summed E-state index contributed by atoms with van der Waals surface area (Å²) in [6.45, 7) is 11.9. The molecule has 1 fully saturated rings. The Labute approximate surface area is 174 Å². The van der Waals surface area contributed by atoms with Crippen LogP contribution in [0.15, 0.2) is 48.5 Å². The molecule has 0 amide bonds. The fourth-order valence-electron chi connectivity index (χ4n) is 4.06. The SMILES string of the molecule is Cc1cccc(C)c1OCCOC[C@H](O)C[NH+]1CC[NH+](Cc2ccccc2)CC1. The summed E-state index contributed by atoms with van der Waals surface area (Å²) in [6.07, 6.45) is -0.416. The lowest BCUT2D eigenvalue weighted by Gasteiger charge is -2.30. The van der Waals surface area contributed by atoms with Gasteiger partial charge in [0.05, 0.1) is 13.2 Å². The monoisotopic (exact) mass is 400 g/mol. The number of rotatable bonds is 10. The Hall–Kier alpha value is -1.92. The summed E-state index contributed by atoms with van der Waals surface area (Å²) in [6, 6.07) is 16.8. The van der Waals surface area contributed by atoms with E-state index < -0.39 is 6.10 Å². The average Bonchev–Trinajstić information content (AvgIpc) is 2.72. The molecule has 0 aliphatic carbocycles. The highest BCUT2D eigenvalue weighted by atomic mass is 16.5. The Morgan fingerprint density at radius 1 is 0.862 bits per heavy atom. The second-order valence-electron chi connectivity index (χ2n) is 8.16. The van der Waals surface area contributed by atoms with Crippen molar-refractivity contribution < 1.29 is 24.4 Å². The Morgan fingerprint density at radius 2 is 1.52 bits per heavy atom. The molecule has 1 aliphatic heterocycles. The predicted molar refractivity (Wildman–Crippen MR) is 115 cm³/mol. The molecule has 2 aromatic rings. The van der Waals surface area contributed by atoms with Crippen molar-refractivity contribution in [1.29, 1.82) is 0 Å². The number of hydrogen-bond donors (Lipinski definition) is 3. The van der Waals surface area contributed by atoms with Crippen LogP contribution in [0.25, 0.3) is 0 Å². The van der Waals surface area contributed by atoms with E-state index in [1.54, 1.807) is 4.90 Å². The lowest BCUT2D eigenvalue weighted by Crippen LogP contribution is -3.28. The quantitative estimate of drug-likeness (QED) is 0.494. The van der Waals surface area contributed by atoms with E-state index in [-0.39, 0.29) is 0 Å². The van der Waals surface area contributed by atoms with Gasteiger partial charge in [-0.2, -0.15) is 0 Å². The maximum Gasteiger partial charge on any atom is 0.127 e. The average molecular weight is 401 g/mol. The first kappa shape index (κ1) is 21.8. The van der Waals surface area contributed by atoms with E-state index >= 15 is 0 Å². The Kier molecular flexibility index (Phi) is 8.50. The molecule has 2 aromatic carbocycles. The van der Waals surface area contributed by atoms with Gasteiger partial charge in [0.25, 0.3) is 0 Å². The molecule has 3 rings (SSSR count). The summed E-state index contributed by atoms with van der Waals surface area (Å²) in [5, 5.41) is 10.3. The minimum Gasteiger partial charge on any atom is -0.491 e. The molecule has 0 unspecified atom stereocenters. The van der Waals surface area contributed by atoms with Crippen molar-refractivity contribution in [3.63, 3.8) is 0 Å². The summed E-state index contributed by atoms with van der Waals surface area (Å²) in [5.74, 6) is 0.942. The van der Waals surface area contributed by atoms with Crippen molar-refractivity contribution in [2.45, 2.75) is 26.5 Å². The number of quaternary nitrogens is 2. The number of benzene rings is 2. The van der Waals surface area contributed by atoms with Crippen molar-refractivity contribution in [1.82, 2.24) is 0 Å². The third kappa shape index (κ3) is 7.12. The number of para-hydroxylation sites is 1. The standard InChI is InChI=1S/C24H34N2O3/c1-20-7-6-8-21(2)24(20)29-16-15-28-19-23(27)18-26-13-11-25(12-14-26)17-22-9-4-3-5-10-22/h3-10,23,27H,11-19H2,1-2H3/p+2/t23-/m1/s1. The molecule has 29 heavy (non-hydrogen) atoms. The fraction of sp³-hybridized carbons (Fsp3) is 0.500. The van der Waals surface area contributed by atoms with Crippen LogP contribution in [-0.2, 0) is 11.3 Å². The molecular weight excluding hydrogens is 364 g/mol. The number of piperazine rings is 1. The Morgan fingerprint density at radius 3 is 2.21 bits per heavy atom. The van der Waals surface area contributed by atoms with Crippen LogP contribution >= 0.6 is 0 Å². The van der Waals surface area contributed by atoms with Gasteiger partial charge in [-0.1, -0.05) is 48.5 Å². The van der Waals surface area contributed by atoms with Gasteiger partial charge in [-0.15, -0.1) is 0 Å². The van der Waals surface area contributed by atoms with Crippen LogP contribution in [0.1, 0.15) is 16.7 Å². The van der Waals surface area contributed by atoms with E-state index in [0.717, 1.165) is 56.1 Å². The molecule has 158 valence electrons.